The van der Waals surface area contributed by atoms with Gasteiger partial charge in [-0.25, -0.2) is 0 Å². The first kappa shape index (κ1) is 11.4. The smallest absolute Gasteiger partial charge is 0.240 e. The van der Waals surface area contributed by atoms with Crippen molar-refractivity contribution in [2.24, 2.45) is 5.41 Å². The van der Waals surface area contributed by atoms with E-state index >= 15 is 0 Å². The van der Waals surface area contributed by atoms with Gasteiger partial charge < -0.3 is 10.4 Å². The van der Waals surface area contributed by atoms with Crippen LogP contribution in [-0.4, -0.2) is 23.2 Å². The van der Waals surface area contributed by atoms with Crippen molar-refractivity contribution in [1.29, 1.82) is 5.26 Å². The van der Waals surface area contributed by atoms with Crippen LogP contribution < -0.4 is 5.32 Å². The van der Waals surface area contributed by atoms with E-state index in [9.17, 15) is 9.90 Å². The van der Waals surface area contributed by atoms with Crippen LogP contribution in [0.2, 0.25) is 0 Å². The first-order chi connectivity index (χ1) is 7.68. The van der Waals surface area contributed by atoms with E-state index in [-0.39, 0.29) is 11.9 Å². The largest absolute Gasteiger partial charge is 0.391 e. The lowest BCUT2D eigenvalue weighted by Crippen LogP contribution is -2.52. The van der Waals surface area contributed by atoms with Crippen molar-refractivity contribution in [2.45, 2.75) is 57.1 Å². The molecule has 0 radical (unpaired) electrons. The van der Waals surface area contributed by atoms with E-state index in [1.54, 1.807) is 0 Å². The van der Waals surface area contributed by atoms with Gasteiger partial charge in [-0.05, 0) is 32.1 Å². The normalized spacial score (nSPS) is 32.2. The molecule has 2 aliphatic carbocycles. The Bertz CT molecular complexity index is 317. The molecule has 0 spiro atoms. The van der Waals surface area contributed by atoms with Gasteiger partial charge >= 0.3 is 0 Å². The van der Waals surface area contributed by atoms with Crippen molar-refractivity contribution in [3.05, 3.63) is 0 Å². The fourth-order valence-electron chi connectivity index (χ4n) is 2.51. The lowest BCUT2D eigenvalue weighted by molar-refractivity contribution is -0.133. The molecule has 2 N–H and O–H groups in total. The summed E-state index contributed by atoms with van der Waals surface area (Å²) in [6.45, 7) is 0. The van der Waals surface area contributed by atoms with Crippen molar-refractivity contribution in [3.8, 4) is 6.07 Å². The number of carbonyl (C=O) groups excluding carboxylic acids is 1. The second-order valence-corrected chi connectivity index (χ2v) is 4.98. The molecular formula is C12H18N2O2. The van der Waals surface area contributed by atoms with Gasteiger partial charge in [0, 0.05) is 0 Å². The highest BCUT2D eigenvalue weighted by atomic mass is 16.3. The summed E-state index contributed by atoms with van der Waals surface area (Å²) < 4.78 is 0. The van der Waals surface area contributed by atoms with E-state index in [4.69, 9.17) is 5.26 Å². The highest BCUT2D eigenvalue weighted by Crippen LogP contribution is 2.40. The Hall–Kier alpha value is -1.08. The van der Waals surface area contributed by atoms with Crippen molar-refractivity contribution >= 4 is 5.91 Å². The fraction of sp³-hybridized carbons (Fsp3) is 0.833. The predicted octanol–water partition coefficient (Wildman–Crippen LogP) is 1.10. The number of hydrogen-bond acceptors (Lipinski definition) is 3. The van der Waals surface area contributed by atoms with Gasteiger partial charge in [0.15, 0.2) is 0 Å². The molecule has 1 amide bonds. The molecular weight excluding hydrogens is 204 g/mol. The maximum atomic E-state index is 11.9. The van der Waals surface area contributed by atoms with E-state index < -0.39 is 11.5 Å². The number of carbonyl (C=O) groups is 1. The summed E-state index contributed by atoms with van der Waals surface area (Å²) in [5.74, 6) is -0.174. The summed E-state index contributed by atoms with van der Waals surface area (Å²) in [5, 5.41) is 21.6. The van der Waals surface area contributed by atoms with Crippen LogP contribution in [0.25, 0.3) is 0 Å². The standard InChI is InChI=1S/C12H18N2O2/c13-8-12(6-3-7-12)11(16)14-9-4-1-2-5-10(9)15/h9-10,15H,1-7H2,(H,14,16). The Morgan fingerprint density at radius 3 is 2.50 bits per heavy atom. The van der Waals surface area contributed by atoms with E-state index in [1.165, 1.54) is 0 Å². The summed E-state index contributed by atoms with van der Waals surface area (Å²) >= 11 is 0. The number of hydrogen-bond donors (Lipinski definition) is 2. The average molecular weight is 222 g/mol. The van der Waals surface area contributed by atoms with Crippen LogP contribution in [0.3, 0.4) is 0 Å². The van der Waals surface area contributed by atoms with Crippen LogP contribution in [-0.2, 0) is 4.79 Å². The Morgan fingerprint density at radius 2 is 2.00 bits per heavy atom. The summed E-state index contributed by atoms with van der Waals surface area (Å²) in [6.07, 6.45) is 5.50. The number of nitrogens with zero attached hydrogens (tertiary/aromatic N) is 1. The Labute approximate surface area is 95.6 Å². The minimum atomic E-state index is -0.794. The van der Waals surface area contributed by atoms with E-state index in [0.717, 1.165) is 32.1 Å². The number of aliphatic hydroxyl groups excluding tert-OH is 1. The van der Waals surface area contributed by atoms with Crippen LogP contribution in [0.5, 0.6) is 0 Å². The quantitative estimate of drug-likeness (QED) is 0.734. The molecule has 4 heteroatoms. The molecule has 2 fully saturated rings. The molecule has 2 rings (SSSR count). The second-order valence-electron chi connectivity index (χ2n) is 4.98. The molecule has 0 heterocycles. The summed E-state index contributed by atoms with van der Waals surface area (Å²) in [4.78, 5) is 11.9. The van der Waals surface area contributed by atoms with E-state index in [0.29, 0.717) is 12.8 Å². The van der Waals surface area contributed by atoms with Crippen LogP contribution >= 0.6 is 0 Å². The second kappa shape index (κ2) is 4.42. The summed E-state index contributed by atoms with van der Waals surface area (Å²) in [7, 11) is 0. The fourth-order valence-corrected chi connectivity index (χ4v) is 2.51. The third-order valence-electron chi connectivity index (χ3n) is 3.90. The molecule has 2 atom stereocenters. The summed E-state index contributed by atoms with van der Waals surface area (Å²) in [6, 6.07) is 1.98. The molecule has 2 unspecified atom stereocenters. The van der Waals surface area contributed by atoms with Crippen LogP contribution in [0, 0.1) is 16.7 Å². The third-order valence-corrected chi connectivity index (χ3v) is 3.90. The van der Waals surface area contributed by atoms with Gasteiger partial charge in [-0.15, -0.1) is 0 Å². The molecule has 0 aromatic heterocycles. The summed E-state index contributed by atoms with van der Waals surface area (Å²) in [5.41, 5.74) is -0.794. The van der Waals surface area contributed by atoms with Gasteiger partial charge in [-0.3, -0.25) is 4.79 Å². The maximum Gasteiger partial charge on any atom is 0.240 e. The van der Waals surface area contributed by atoms with Gasteiger partial charge in [0.05, 0.1) is 18.2 Å². The molecule has 0 saturated heterocycles. The Balaban J connectivity index is 1.94. The lowest BCUT2D eigenvalue weighted by Gasteiger charge is -2.36. The molecule has 0 bridgehead atoms. The SMILES string of the molecule is N#CC1(C(=O)NC2CCCCC2O)CCC1. The molecule has 0 aromatic carbocycles. The number of amides is 1. The minimum Gasteiger partial charge on any atom is -0.391 e. The maximum absolute atomic E-state index is 11.9. The predicted molar refractivity (Wildman–Crippen MR) is 58.3 cm³/mol. The highest BCUT2D eigenvalue weighted by Gasteiger charge is 2.45. The van der Waals surface area contributed by atoms with Crippen LogP contribution in [0.1, 0.15) is 44.9 Å². The molecule has 4 nitrogen and oxygen atoms in total. The third kappa shape index (κ3) is 1.92. The van der Waals surface area contributed by atoms with Crippen molar-refractivity contribution in [1.82, 2.24) is 5.32 Å². The first-order valence-corrected chi connectivity index (χ1v) is 6.08. The van der Waals surface area contributed by atoms with Gasteiger partial charge in [0.25, 0.3) is 0 Å². The van der Waals surface area contributed by atoms with E-state index in [1.807, 2.05) is 0 Å². The number of aliphatic hydroxyl groups is 1. The van der Waals surface area contributed by atoms with Crippen molar-refractivity contribution in [2.75, 3.05) is 0 Å². The zero-order chi connectivity index (χ0) is 11.6. The van der Waals surface area contributed by atoms with Gasteiger partial charge in [0.1, 0.15) is 5.41 Å². The monoisotopic (exact) mass is 222 g/mol. The minimum absolute atomic E-state index is 0.146. The number of rotatable bonds is 2. The molecule has 2 aliphatic rings. The van der Waals surface area contributed by atoms with Crippen LogP contribution in [0.4, 0.5) is 0 Å². The lowest BCUT2D eigenvalue weighted by atomic mass is 9.69. The zero-order valence-corrected chi connectivity index (χ0v) is 9.41. The van der Waals surface area contributed by atoms with Gasteiger partial charge in [0.2, 0.25) is 5.91 Å². The molecule has 88 valence electrons. The first-order valence-electron chi connectivity index (χ1n) is 6.08. The highest BCUT2D eigenvalue weighted by molar-refractivity contribution is 5.86. The molecule has 0 aromatic rings. The average Bonchev–Trinajstić information content (AvgIpc) is 2.21. The van der Waals surface area contributed by atoms with Crippen LogP contribution in [0.15, 0.2) is 0 Å². The Kier molecular flexibility index (Phi) is 3.15. The molecule has 2 saturated carbocycles. The van der Waals surface area contributed by atoms with Crippen molar-refractivity contribution in [3.63, 3.8) is 0 Å². The van der Waals surface area contributed by atoms with Gasteiger partial charge in [-0.1, -0.05) is 12.8 Å². The van der Waals surface area contributed by atoms with Gasteiger partial charge in [-0.2, -0.15) is 5.26 Å². The number of nitriles is 1. The van der Waals surface area contributed by atoms with Crippen molar-refractivity contribution < 1.29 is 9.90 Å². The Morgan fingerprint density at radius 1 is 1.31 bits per heavy atom. The molecule has 16 heavy (non-hydrogen) atoms. The number of nitrogens with one attached hydrogen (secondary N) is 1. The zero-order valence-electron chi connectivity index (χ0n) is 9.41. The topological polar surface area (TPSA) is 73.1 Å². The molecule has 0 aliphatic heterocycles. The van der Waals surface area contributed by atoms with E-state index in [2.05, 4.69) is 11.4 Å².